The molecule has 1 aromatic carbocycles. The lowest BCUT2D eigenvalue weighted by atomic mass is 10.2. The van der Waals surface area contributed by atoms with Gasteiger partial charge in [0.25, 0.3) is 0 Å². The van der Waals surface area contributed by atoms with Crippen LogP contribution in [0.25, 0.3) is 6.08 Å². The fourth-order valence-electron chi connectivity index (χ4n) is 1.36. The molecule has 0 heterocycles. The predicted octanol–water partition coefficient (Wildman–Crippen LogP) is 2.32. The first-order chi connectivity index (χ1) is 8.76. The van der Waals surface area contributed by atoms with Crippen LogP contribution in [0.4, 0.5) is 5.69 Å². The van der Waals surface area contributed by atoms with Crippen molar-refractivity contribution in [1.82, 2.24) is 0 Å². The first-order valence-corrected chi connectivity index (χ1v) is 5.94. The third kappa shape index (κ3) is 5.50. The zero-order valence-corrected chi connectivity index (χ0v) is 10.8. The summed E-state index contributed by atoms with van der Waals surface area (Å²) in [6.07, 6.45) is 3.16. The topological polar surface area (TPSA) is 47.6 Å². The Morgan fingerprint density at radius 3 is 2.67 bits per heavy atom. The smallest absolute Gasteiger partial charge is 0.330 e. The minimum Gasteiger partial charge on any atom is -0.463 e. The average Bonchev–Trinajstić information content (AvgIpc) is 2.38. The van der Waals surface area contributed by atoms with Crippen LogP contribution in [0.3, 0.4) is 0 Å². The fraction of sp³-hybridized carbons (Fsp3) is 0.357. The Morgan fingerprint density at radius 2 is 2.06 bits per heavy atom. The van der Waals surface area contributed by atoms with Crippen molar-refractivity contribution in [3.63, 3.8) is 0 Å². The van der Waals surface area contributed by atoms with Gasteiger partial charge in [-0.05, 0) is 30.7 Å². The summed E-state index contributed by atoms with van der Waals surface area (Å²) in [6, 6.07) is 7.79. The van der Waals surface area contributed by atoms with Crippen LogP contribution in [0.1, 0.15) is 12.5 Å². The number of nitrogens with one attached hydrogen (secondary N) is 1. The van der Waals surface area contributed by atoms with Crippen molar-refractivity contribution in [3.8, 4) is 0 Å². The number of esters is 1. The quantitative estimate of drug-likeness (QED) is 0.457. The molecule has 0 fully saturated rings. The van der Waals surface area contributed by atoms with Crippen molar-refractivity contribution in [1.29, 1.82) is 0 Å². The van der Waals surface area contributed by atoms with Crippen molar-refractivity contribution < 1.29 is 14.3 Å². The van der Waals surface area contributed by atoms with E-state index in [1.54, 1.807) is 20.1 Å². The zero-order valence-electron chi connectivity index (χ0n) is 10.8. The van der Waals surface area contributed by atoms with E-state index in [2.05, 4.69) is 5.32 Å². The Morgan fingerprint density at radius 1 is 1.33 bits per heavy atom. The van der Waals surface area contributed by atoms with Gasteiger partial charge in [0.15, 0.2) is 0 Å². The lowest BCUT2D eigenvalue weighted by Gasteiger charge is -2.05. The third-order valence-electron chi connectivity index (χ3n) is 2.24. The predicted molar refractivity (Wildman–Crippen MR) is 72.5 cm³/mol. The molecule has 1 rings (SSSR count). The second-order valence-electron chi connectivity index (χ2n) is 3.63. The molecule has 0 aliphatic rings. The van der Waals surface area contributed by atoms with E-state index in [-0.39, 0.29) is 5.97 Å². The molecule has 0 spiro atoms. The van der Waals surface area contributed by atoms with E-state index in [0.29, 0.717) is 13.2 Å². The Bertz CT molecular complexity index is 385. The normalized spacial score (nSPS) is 10.6. The molecule has 0 saturated carbocycles. The highest BCUT2D eigenvalue weighted by atomic mass is 16.5. The molecular formula is C14H19NO3. The van der Waals surface area contributed by atoms with Gasteiger partial charge in [-0.3, -0.25) is 0 Å². The molecule has 0 aliphatic heterocycles. The number of ether oxygens (including phenoxy) is 2. The first-order valence-electron chi connectivity index (χ1n) is 5.94. The minimum atomic E-state index is -0.320. The SMILES string of the molecule is CCOC(=O)/C=C/c1ccc(NCCOC)cc1. The van der Waals surface area contributed by atoms with Gasteiger partial charge in [-0.15, -0.1) is 0 Å². The Balaban J connectivity index is 2.47. The summed E-state index contributed by atoms with van der Waals surface area (Å²) in [5.41, 5.74) is 1.99. The van der Waals surface area contributed by atoms with Gasteiger partial charge in [0, 0.05) is 25.4 Å². The molecule has 0 bridgehead atoms. The molecule has 4 nitrogen and oxygen atoms in total. The first kappa shape index (κ1) is 14.3. The molecule has 0 saturated heterocycles. The molecule has 18 heavy (non-hydrogen) atoms. The number of anilines is 1. The van der Waals surface area contributed by atoms with E-state index < -0.39 is 0 Å². The van der Waals surface area contributed by atoms with E-state index in [4.69, 9.17) is 9.47 Å². The van der Waals surface area contributed by atoms with E-state index in [1.807, 2.05) is 24.3 Å². The second-order valence-corrected chi connectivity index (χ2v) is 3.63. The molecule has 1 N–H and O–H groups in total. The number of benzene rings is 1. The monoisotopic (exact) mass is 249 g/mol. The fourth-order valence-corrected chi connectivity index (χ4v) is 1.36. The Kier molecular flexibility index (Phi) is 6.58. The molecule has 4 heteroatoms. The summed E-state index contributed by atoms with van der Waals surface area (Å²) in [5, 5.41) is 3.22. The van der Waals surface area contributed by atoms with Crippen LogP contribution in [0.15, 0.2) is 30.3 Å². The zero-order chi connectivity index (χ0) is 13.2. The van der Waals surface area contributed by atoms with Gasteiger partial charge in [-0.25, -0.2) is 4.79 Å². The Hall–Kier alpha value is -1.81. The number of carbonyl (C=O) groups excluding carboxylic acids is 1. The molecule has 98 valence electrons. The number of methoxy groups -OCH3 is 1. The van der Waals surface area contributed by atoms with E-state index >= 15 is 0 Å². The van der Waals surface area contributed by atoms with E-state index in [9.17, 15) is 4.79 Å². The standard InChI is InChI=1S/C14H19NO3/c1-3-18-14(16)9-6-12-4-7-13(8-5-12)15-10-11-17-2/h4-9,15H,3,10-11H2,1-2H3/b9-6+. The highest BCUT2D eigenvalue weighted by Gasteiger charge is 1.95. The number of carbonyl (C=O) groups is 1. The van der Waals surface area contributed by atoms with Crippen LogP contribution in [0.2, 0.25) is 0 Å². The number of rotatable bonds is 7. The highest BCUT2D eigenvalue weighted by molar-refractivity contribution is 5.87. The van der Waals surface area contributed by atoms with Crippen molar-refractivity contribution in [3.05, 3.63) is 35.9 Å². The molecule has 0 aliphatic carbocycles. The summed E-state index contributed by atoms with van der Waals surface area (Å²) >= 11 is 0. The van der Waals surface area contributed by atoms with Gasteiger partial charge in [0.1, 0.15) is 0 Å². The molecule has 1 aromatic rings. The van der Waals surface area contributed by atoms with Gasteiger partial charge in [-0.2, -0.15) is 0 Å². The largest absolute Gasteiger partial charge is 0.463 e. The molecular weight excluding hydrogens is 230 g/mol. The lowest BCUT2D eigenvalue weighted by Crippen LogP contribution is -2.07. The molecule has 0 amide bonds. The van der Waals surface area contributed by atoms with Gasteiger partial charge < -0.3 is 14.8 Å². The van der Waals surface area contributed by atoms with Crippen molar-refractivity contribution in [2.75, 3.05) is 32.2 Å². The van der Waals surface area contributed by atoms with Gasteiger partial charge in [-0.1, -0.05) is 12.1 Å². The highest BCUT2D eigenvalue weighted by Crippen LogP contribution is 2.10. The maximum absolute atomic E-state index is 11.1. The molecule has 0 unspecified atom stereocenters. The van der Waals surface area contributed by atoms with Crippen LogP contribution in [-0.4, -0.2) is 32.8 Å². The summed E-state index contributed by atoms with van der Waals surface area (Å²) in [6.45, 7) is 3.62. The van der Waals surface area contributed by atoms with Crippen LogP contribution >= 0.6 is 0 Å². The van der Waals surface area contributed by atoms with Crippen LogP contribution in [0.5, 0.6) is 0 Å². The third-order valence-corrected chi connectivity index (χ3v) is 2.24. The summed E-state index contributed by atoms with van der Waals surface area (Å²) < 4.78 is 9.75. The summed E-state index contributed by atoms with van der Waals surface area (Å²) in [4.78, 5) is 11.1. The van der Waals surface area contributed by atoms with Gasteiger partial charge in [0.2, 0.25) is 0 Å². The number of hydrogen-bond acceptors (Lipinski definition) is 4. The van der Waals surface area contributed by atoms with Crippen molar-refractivity contribution in [2.45, 2.75) is 6.92 Å². The summed E-state index contributed by atoms with van der Waals surface area (Å²) in [5.74, 6) is -0.320. The number of hydrogen-bond donors (Lipinski definition) is 1. The van der Waals surface area contributed by atoms with Crippen LogP contribution in [0, 0.1) is 0 Å². The lowest BCUT2D eigenvalue weighted by molar-refractivity contribution is -0.137. The van der Waals surface area contributed by atoms with Gasteiger partial charge >= 0.3 is 5.97 Å². The molecule has 0 atom stereocenters. The Labute approximate surface area is 108 Å². The maximum Gasteiger partial charge on any atom is 0.330 e. The molecule has 0 aromatic heterocycles. The minimum absolute atomic E-state index is 0.320. The van der Waals surface area contributed by atoms with Crippen molar-refractivity contribution in [2.24, 2.45) is 0 Å². The summed E-state index contributed by atoms with van der Waals surface area (Å²) in [7, 11) is 1.67. The van der Waals surface area contributed by atoms with Gasteiger partial charge in [0.05, 0.1) is 13.2 Å². The van der Waals surface area contributed by atoms with Crippen LogP contribution < -0.4 is 5.32 Å². The van der Waals surface area contributed by atoms with Crippen molar-refractivity contribution >= 4 is 17.7 Å². The second kappa shape index (κ2) is 8.31. The average molecular weight is 249 g/mol. The molecule has 0 radical (unpaired) electrons. The van der Waals surface area contributed by atoms with E-state index in [0.717, 1.165) is 17.8 Å². The van der Waals surface area contributed by atoms with E-state index in [1.165, 1.54) is 6.08 Å². The maximum atomic E-state index is 11.1. The van der Waals surface area contributed by atoms with Crippen LogP contribution in [-0.2, 0) is 14.3 Å².